The molecule has 6 N–H and O–H groups in total. The molecule has 1 heterocycles. The molecule has 1 fully saturated rings. The van der Waals surface area contributed by atoms with Crippen molar-refractivity contribution in [2.45, 2.75) is 0 Å². The third-order valence-corrected chi connectivity index (χ3v) is 0.729. The fourth-order valence-corrected chi connectivity index (χ4v) is 0.442. The highest BCUT2D eigenvalue weighted by molar-refractivity contribution is 5.69. The molecule has 5 heteroatoms. The molecular weight excluding hydrogens is 120 g/mol. The number of rotatable bonds is 0. The first-order valence-corrected chi connectivity index (χ1v) is 2.70. The molecule has 0 aromatic rings. The molecule has 0 aromatic carbocycles. The standard InChI is InChI=1S/C3H8N2.CH4N2O/c1-2-5-3-4-1;2-1(3)4/h4-5H,1-3H2;(H4,2,3,4). The summed E-state index contributed by atoms with van der Waals surface area (Å²) in [6.45, 7) is 3.28. The monoisotopic (exact) mass is 132 g/mol. The van der Waals surface area contributed by atoms with E-state index in [4.69, 9.17) is 4.79 Å². The van der Waals surface area contributed by atoms with Crippen LogP contribution in [0.25, 0.3) is 0 Å². The van der Waals surface area contributed by atoms with Gasteiger partial charge in [-0.05, 0) is 0 Å². The number of nitrogens with two attached hydrogens (primary N) is 2. The topological polar surface area (TPSA) is 93.2 Å². The fraction of sp³-hybridized carbons (Fsp3) is 0.750. The highest BCUT2D eigenvalue weighted by Crippen LogP contribution is 1.62. The Morgan fingerprint density at radius 1 is 1.22 bits per heavy atom. The predicted octanol–water partition coefficient (Wildman–Crippen LogP) is -1.84. The molecule has 54 valence electrons. The van der Waals surface area contributed by atoms with Gasteiger partial charge in [0.2, 0.25) is 0 Å². The second-order valence-corrected chi connectivity index (χ2v) is 1.58. The van der Waals surface area contributed by atoms with Crippen molar-refractivity contribution in [2.75, 3.05) is 19.8 Å². The Balaban J connectivity index is 0.000000148. The molecule has 9 heavy (non-hydrogen) atoms. The zero-order valence-electron chi connectivity index (χ0n) is 5.18. The van der Waals surface area contributed by atoms with Crippen LogP contribution < -0.4 is 22.1 Å². The van der Waals surface area contributed by atoms with E-state index in [1.807, 2.05) is 0 Å². The second-order valence-electron chi connectivity index (χ2n) is 1.58. The number of hydrogen-bond acceptors (Lipinski definition) is 3. The van der Waals surface area contributed by atoms with E-state index in [9.17, 15) is 0 Å². The van der Waals surface area contributed by atoms with Gasteiger partial charge in [-0.1, -0.05) is 0 Å². The molecule has 1 saturated heterocycles. The van der Waals surface area contributed by atoms with Crippen molar-refractivity contribution < 1.29 is 4.79 Å². The van der Waals surface area contributed by atoms with Gasteiger partial charge in [0.1, 0.15) is 0 Å². The normalized spacial score (nSPS) is 16.0. The number of carbonyl (C=O) groups is 1. The molecule has 0 aliphatic carbocycles. The average molecular weight is 132 g/mol. The Kier molecular flexibility index (Phi) is 4.85. The molecule has 0 unspecified atom stereocenters. The van der Waals surface area contributed by atoms with Crippen LogP contribution in [-0.2, 0) is 0 Å². The van der Waals surface area contributed by atoms with Crippen LogP contribution >= 0.6 is 0 Å². The van der Waals surface area contributed by atoms with Crippen LogP contribution in [0.15, 0.2) is 0 Å². The van der Waals surface area contributed by atoms with Gasteiger partial charge in [-0.15, -0.1) is 0 Å². The summed E-state index contributed by atoms with van der Waals surface area (Å²) in [4.78, 5) is 9.00. The summed E-state index contributed by atoms with van der Waals surface area (Å²) in [5, 5.41) is 6.22. The molecule has 0 radical (unpaired) electrons. The number of urea groups is 1. The number of amides is 2. The van der Waals surface area contributed by atoms with Gasteiger partial charge >= 0.3 is 6.03 Å². The van der Waals surface area contributed by atoms with Gasteiger partial charge in [-0.3, -0.25) is 0 Å². The summed E-state index contributed by atoms with van der Waals surface area (Å²) >= 11 is 0. The molecule has 0 atom stereocenters. The van der Waals surface area contributed by atoms with Gasteiger partial charge in [0, 0.05) is 19.8 Å². The highest BCUT2D eigenvalue weighted by atomic mass is 16.2. The van der Waals surface area contributed by atoms with Crippen molar-refractivity contribution >= 4 is 6.03 Å². The first-order chi connectivity index (χ1) is 4.23. The van der Waals surface area contributed by atoms with Crippen LogP contribution in [0.1, 0.15) is 0 Å². The van der Waals surface area contributed by atoms with E-state index in [1.165, 1.54) is 0 Å². The molecule has 2 amide bonds. The maximum atomic E-state index is 9.00. The van der Waals surface area contributed by atoms with Crippen molar-refractivity contribution in [1.29, 1.82) is 0 Å². The molecule has 5 nitrogen and oxygen atoms in total. The van der Waals surface area contributed by atoms with Gasteiger partial charge in [0.25, 0.3) is 0 Å². The first kappa shape index (κ1) is 8.19. The zero-order valence-corrected chi connectivity index (χ0v) is 5.18. The van der Waals surface area contributed by atoms with Gasteiger partial charge in [0.15, 0.2) is 0 Å². The average Bonchev–Trinajstić information content (AvgIpc) is 2.11. The van der Waals surface area contributed by atoms with E-state index in [1.54, 1.807) is 0 Å². The van der Waals surface area contributed by atoms with E-state index in [-0.39, 0.29) is 0 Å². The maximum Gasteiger partial charge on any atom is 0.309 e. The Hall–Kier alpha value is -0.810. The van der Waals surface area contributed by atoms with Crippen LogP contribution in [0, 0.1) is 0 Å². The van der Waals surface area contributed by atoms with Crippen molar-refractivity contribution in [3.05, 3.63) is 0 Å². The summed E-state index contributed by atoms with van der Waals surface area (Å²) in [5.41, 5.74) is 8.50. The Morgan fingerprint density at radius 2 is 1.56 bits per heavy atom. The minimum Gasteiger partial charge on any atom is -0.352 e. The predicted molar refractivity (Wildman–Crippen MR) is 34.6 cm³/mol. The third-order valence-electron chi connectivity index (χ3n) is 0.729. The van der Waals surface area contributed by atoms with Crippen LogP contribution in [0.5, 0.6) is 0 Å². The minimum atomic E-state index is -0.833. The largest absolute Gasteiger partial charge is 0.352 e. The summed E-state index contributed by atoms with van der Waals surface area (Å²) < 4.78 is 0. The quantitative estimate of drug-likeness (QED) is 0.312. The Labute approximate surface area is 53.8 Å². The molecule has 0 saturated carbocycles. The lowest BCUT2D eigenvalue weighted by Crippen LogP contribution is -2.18. The summed E-state index contributed by atoms with van der Waals surface area (Å²) in [6, 6.07) is -0.833. The van der Waals surface area contributed by atoms with Crippen molar-refractivity contribution in [3.8, 4) is 0 Å². The summed E-state index contributed by atoms with van der Waals surface area (Å²) in [7, 11) is 0. The van der Waals surface area contributed by atoms with Crippen LogP contribution in [0.3, 0.4) is 0 Å². The smallest absolute Gasteiger partial charge is 0.309 e. The lowest BCUT2D eigenvalue weighted by atomic mass is 10.7. The van der Waals surface area contributed by atoms with Gasteiger partial charge in [-0.2, -0.15) is 0 Å². The molecule has 1 rings (SSSR count). The second kappa shape index (κ2) is 5.33. The van der Waals surface area contributed by atoms with E-state index in [2.05, 4.69) is 22.1 Å². The Bertz CT molecular complexity index is 69.0. The van der Waals surface area contributed by atoms with E-state index < -0.39 is 6.03 Å². The van der Waals surface area contributed by atoms with Crippen molar-refractivity contribution in [3.63, 3.8) is 0 Å². The van der Waals surface area contributed by atoms with Crippen molar-refractivity contribution in [2.24, 2.45) is 11.5 Å². The van der Waals surface area contributed by atoms with E-state index in [0.717, 1.165) is 19.8 Å². The summed E-state index contributed by atoms with van der Waals surface area (Å²) in [6.07, 6.45) is 0. The molecular formula is C4H12N4O. The lowest BCUT2D eigenvalue weighted by Gasteiger charge is -1.77. The fourth-order valence-electron chi connectivity index (χ4n) is 0.442. The van der Waals surface area contributed by atoms with Crippen LogP contribution in [0.2, 0.25) is 0 Å². The van der Waals surface area contributed by atoms with Crippen LogP contribution in [0.4, 0.5) is 4.79 Å². The molecule has 0 aromatic heterocycles. The van der Waals surface area contributed by atoms with Crippen molar-refractivity contribution in [1.82, 2.24) is 10.6 Å². The summed E-state index contributed by atoms with van der Waals surface area (Å²) in [5.74, 6) is 0. The lowest BCUT2D eigenvalue weighted by molar-refractivity contribution is 0.256. The molecule has 1 aliphatic rings. The zero-order chi connectivity index (χ0) is 7.11. The van der Waals surface area contributed by atoms with E-state index in [0.29, 0.717) is 0 Å². The SMILES string of the molecule is C1CNCN1.NC(N)=O. The Morgan fingerprint density at radius 3 is 1.67 bits per heavy atom. The van der Waals surface area contributed by atoms with Gasteiger partial charge in [-0.25, -0.2) is 4.79 Å². The first-order valence-electron chi connectivity index (χ1n) is 2.70. The highest BCUT2D eigenvalue weighted by Gasteiger charge is 1.90. The molecule has 1 aliphatic heterocycles. The minimum absolute atomic E-state index is 0.833. The number of primary amides is 2. The molecule has 0 bridgehead atoms. The third kappa shape index (κ3) is 11.0. The molecule has 0 spiro atoms. The van der Waals surface area contributed by atoms with Gasteiger partial charge < -0.3 is 22.1 Å². The number of nitrogens with one attached hydrogen (secondary N) is 2. The van der Waals surface area contributed by atoms with Crippen LogP contribution in [-0.4, -0.2) is 25.8 Å². The number of hydrogen-bond donors (Lipinski definition) is 4. The van der Waals surface area contributed by atoms with Gasteiger partial charge in [0.05, 0.1) is 0 Å². The van der Waals surface area contributed by atoms with E-state index >= 15 is 0 Å². The maximum absolute atomic E-state index is 9.00. The number of carbonyl (C=O) groups excluding carboxylic acids is 1.